The molecule has 0 bridgehead atoms. The van der Waals surface area contributed by atoms with E-state index in [9.17, 15) is 0 Å². The molecular weight excluding hydrogens is 555 g/mol. The van der Waals surface area contributed by atoms with Crippen molar-refractivity contribution in [3.05, 3.63) is 175 Å². The van der Waals surface area contributed by atoms with E-state index >= 15 is 0 Å². The highest BCUT2D eigenvalue weighted by Gasteiger charge is 2.19. The Labute approximate surface area is 271 Å². The highest BCUT2D eigenvalue weighted by Crippen LogP contribution is 2.44. The minimum absolute atomic E-state index is 0.975. The topological polar surface area (TPSA) is 3.24 Å². The Kier molecular flexibility index (Phi) is 7.08. The van der Waals surface area contributed by atoms with Gasteiger partial charge < -0.3 is 4.90 Å². The van der Waals surface area contributed by atoms with E-state index in [4.69, 9.17) is 0 Å². The number of anilines is 3. The first kappa shape index (κ1) is 27.9. The second kappa shape index (κ2) is 11.7. The molecule has 0 unspecified atom stereocenters. The van der Waals surface area contributed by atoms with E-state index in [1.54, 1.807) is 0 Å². The summed E-state index contributed by atoms with van der Waals surface area (Å²) in [4.78, 5) is 2.45. The predicted molar refractivity (Wildman–Crippen MR) is 199 cm³/mol. The smallest absolute Gasteiger partial charge is 0.0546 e. The number of rotatable bonds is 6. The third-order valence-electron chi connectivity index (χ3n) is 9.38. The Balaban J connectivity index is 1.37. The van der Waals surface area contributed by atoms with Crippen molar-refractivity contribution in [1.82, 2.24) is 0 Å². The minimum atomic E-state index is 0.975. The average molecular weight is 590 g/mol. The zero-order valence-electron chi connectivity index (χ0n) is 26.2. The van der Waals surface area contributed by atoms with E-state index in [2.05, 4.69) is 183 Å². The number of benzene rings is 8. The third kappa shape index (κ3) is 4.82. The van der Waals surface area contributed by atoms with Gasteiger partial charge in [-0.25, -0.2) is 0 Å². The Morgan fingerprint density at radius 1 is 0.435 bits per heavy atom. The zero-order valence-corrected chi connectivity index (χ0v) is 26.2. The van der Waals surface area contributed by atoms with Gasteiger partial charge in [0.05, 0.1) is 5.69 Å². The number of hydrogen-bond acceptors (Lipinski definition) is 1. The zero-order chi connectivity index (χ0) is 31.0. The van der Waals surface area contributed by atoms with Gasteiger partial charge in [-0.1, -0.05) is 140 Å². The van der Waals surface area contributed by atoms with E-state index in [-0.39, 0.29) is 0 Å². The van der Waals surface area contributed by atoms with Gasteiger partial charge >= 0.3 is 0 Å². The van der Waals surface area contributed by atoms with E-state index in [1.165, 1.54) is 71.4 Å². The van der Waals surface area contributed by atoms with Crippen molar-refractivity contribution >= 4 is 49.4 Å². The van der Waals surface area contributed by atoms with E-state index in [0.717, 1.165) is 17.8 Å². The standard InChI is InChI=1S/C45H35N/c1-3-32-23-28-37(30-44(32)38-17-7-4-13-31(38)2)46(45-29-35-15-6-9-19-41(35)42-20-10-11-21-43(42)45)36-26-24-34(25-27-36)40-22-12-16-33-14-5-8-18-39(33)40/h4-30H,3H2,1-2H3. The molecule has 0 amide bonds. The Morgan fingerprint density at radius 3 is 1.83 bits per heavy atom. The first-order chi connectivity index (χ1) is 22.7. The lowest BCUT2D eigenvalue weighted by atomic mass is 9.93. The lowest BCUT2D eigenvalue weighted by Gasteiger charge is -2.29. The monoisotopic (exact) mass is 589 g/mol. The van der Waals surface area contributed by atoms with Gasteiger partial charge in [0.2, 0.25) is 0 Å². The molecule has 0 atom stereocenters. The Hall–Kier alpha value is -5.66. The summed E-state index contributed by atoms with van der Waals surface area (Å²) in [7, 11) is 0. The van der Waals surface area contributed by atoms with Crippen molar-refractivity contribution in [2.24, 2.45) is 0 Å². The van der Waals surface area contributed by atoms with E-state index in [1.807, 2.05) is 0 Å². The van der Waals surface area contributed by atoms with Crippen molar-refractivity contribution in [3.8, 4) is 22.3 Å². The lowest BCUT2D eigenvalue weighted by Crippen LogP contribution is -2.11. The van der Waals surface area contributed by atoms with Crippen LogP contribution < -0.4 is 4.90 Å². The first-order valence-corrected chi connectivity index (χ1v) is 16.2. The second-order valence-corrected chi connectivity index (χ2v) is 12.1. The van der Waals surface area contributed by atoms with Crippen molar-refractivity contribution in [1.29, 1.82) is 0 Å². The molecule has 220 valence electrons. The Morgan fingerprint density at radius 2 is 1.04 bits per heavy atom. The summed E-state index contributed by atoms with van der Waals surface area (Å²) in [5.74, 6) is 0. The molecule has 0 aliphatic carbocycles. The number of hydrogen-bond donors (Lipinski definition) is 0. The van der Waals surface area contributed by atoms with Gasteiger partial charge in [-0.15, -0.1) is 0 Å². The maximum atomic E-state index is 2.45. The predicted octanol–water partition coefficient (Wildman–Crippen LogP) is 12.8. The highest BCUT2D eigenvalue weighted by atomic mass is 15.1. The molecule has 0 aromatic heterocycles. The average Bonchev–Trinajstić information content (AvgIpc) is 3.12. The van der Waals surface area contributed by atoms with Crippen molar-refractivity contribution in [2.45, 2.75) is 20.3 Å². The molecule has 0 radical (unpaired) electrons. The van der Waals surface area contributed by atoms with Crippen molar-refractivity contribution in [2.75, 3.05) is 4.90 Å². The summed E-state index contributed by atoms with van der Waals surface area (Å²) >= 11 is 0. The molecule has 0 saturated heterocycles. The summed E-state index contributed by atoms with van der Waals surface area (Å²) in [5, 5.41) is 7.53. The molecule has 0 aliphatic rings. The van der Waals surface area contributed by atoms with Crippen LogP contribution in [0.2, 0.25) is 0 Å². The molecule has 46 heavy (non-hydrogen) atoms. The second-order valence-electron chi connectivity index (χ2n) is 12.1. The normalized spacial score (nSPS) is 11.3. The van der Waals surface area contributed by atoms with Crippen LogP contribution in [0.5, 0.6) is 0 Å². The first-order valence-electron chi connectivity index (χ1n) is 16.2. The van der Waals surface area contributed by atoms with Gasteiger partial charge in [0, 0.05) is 16.8 Å². The van der Waals surface area contributed by atoms with E-state index < -0.39 is 0 Å². The molecule has 8 rings (SSSR count). The van der Waals surface area contributed by atoms with Crippen LogP contribution in [0, 0.1) is 6.92 Å². The number of fused-ring (bicyclic) bond motifs is 4. The van der Waals surface area contributed by atoms with Crippen LogP contribution in [0.25, 0.3) is 54.6 Å². The molecule has 0 fully saturated rings. The number of nitrogens with zero attached hydrogens (tertiary/aromatic N) is 1. The summed E-state index contributed by atoms with van der Waals surface area (Å²) in [6.45, 7) is 4.46. The highest BCUT2D eigenvalue weighted by molar-refractivity contribution is 6.14. The fourth-order valence-electron chi connectivity index (χ4n) is 7.05. The third-order valence-corrected chi connectivity index (χ3v) is 9.38. The molecule has 0 spiro atoms. The summed E-state index contributed by atoms with van der Waals surface area (Å²) in [5.41, 5.74) is 11.1. The van der Waals surface area contributed by atoms with Crippen LogP contribution in [0.3, 0.4) is 0 Å². The van der Waals surface area contributed by atoms with E-state index in [0.29, 0.717) is 0 Å². The maximum absolute atomic E-state index is 2.45. The van der Waals surface area contributed by atoms with Gasteiger partial charge in [-0.05, 0) is 104 Å². The summed E-state index contributed by atoms with van der Waals surface area (Å²) < 4.78 is 0. The van der Waals surface area contributed by atoms with Gasteiger partial charge in [0.25, 0.3) is 0 Å². The van der Waals surface area contributed by atoms with Crippen LogP contribution >= 0.6 is 0 Å². The molecule has 1 heteroatoms. The largest absolute Gasteiger partial charge is 0.310 e. The van der Waals surface area contributed by atoms with Crippen LogP contribution in [0.1, 0.15) is 18.1 Å². The molecule has 8 aromatic carbocycles. The fourth-order valence-corrected chi connectivity index (χ4v) is 7.05. The van der Waals surface area contributed by atoms with Crippen LogP contribution in [-0.2, 0) is 6.42 Å². The summed E-state index contributed by atoms with van der Waals surface area (Å²) in [6, 6.07) is 60.0. The molecule has 0 N–H and O–H groups in total. The molecular formula is C45H35N. The molecule has 0 saturated carbocycles. The molecule has 0 heterocycles. The van der Waals surface area contributed by atoms with Crippen LogP contribution in [0.15, 0.2) is 164 Å². The molecule has 8 aromatic rings. The summed E-state index contributed by atoms with van der Waals surface area (Å²) in [6.07, 6.45) is 0.975. The van der Waals surface area contributed by atoms with Crippen molar-refractivity contribution < 1.29 is 0 Å². The van der Waals surface area contributed by atoms with Gasteiger partial charge in [-0.2, -0.15) is 0 Å². The lowest BCUT2D eigenvalue weighted by molar-refractivity contribution is 1.14. The molecule has 0 aliphatic heterocycles. The quantitative estimate of drug-likeness (QED) is 0.174. The number of aryl methyl sites for hydroxylation is 2. The SMILES string of the molecule is CCc1ccc(N(c2ccc(-c3cccc4ccccc34)cc2)c2cc3ccccc3c3ccccc23)cc1-c1ccccc1C. The van der Waals surface area contributed by atoms with Crippen LogP contribution in [0.4, 0.5) is 17.1 Å². The fraction of sp³-hybridized carbons (Fsp3) is 0.0667. The van der Waals surface area contributed by atoms with Crippen LogP contribution in [-0.4, -0.2) is 0 Å². The molecule has 1 nitrogen and oxygen atoms in total. The van der Waals surface area contributed by atoms with Crippen molar-refractivity contribution in [3.63, 3.8) is 0 Å². The van der Waals surface area contributed by atoms with Gasteiger partial charge in [-0.3, -0.25) is 0 Å². The van der Waals surface area contributed by atoms with Gasteiger partial charge in [0.15, 0.2) is 0 Å². The minimum Gasteiger partial charge on any atom is -0.310 e. The maximum Gasteiger partial charge on any atom is 0.0546 e. The van der Waals surface area contributed by atoms with Gasteiger partial charge in [0.1, 0.15) is 0 Å². The Bertz CT molecular complexity index is 2360.